The maximum absolute atomic E-state index is 8.67. The van der Waals surface area contributed by atoms with E-state index in [9.17, 15) is 0 Å². The van der Waals surface area contributed by atoms with Gasteiger partial charge in [-0.05, 0) is 0 Å². The molecule has 3 nitrogen and oxygen atoms in total. The Labute approximate surface area is 46.1 Å². The van der Waals surface area contributed by atoms with Gasteiger partial charge in [0.15, 0.2) is 0 Å². The van der Waals surface area contributed by atoms with Gasteiger partial charge >= 0.3 is 0 Å². The van der Waals surface area contributed by atoms with Gasteiger partial charge in [-0.1, -0.05) is 0 Å². The molecule has 0 aromatic heterocycles. The molecular formula is H2MoO3S. The van der Waals surface area contributed by atoms with Crippen molar-refractivity contribution in [1.82, 2.24) is 0 Å². The SMILES string of the molecule is O=S(O)O.[Mo]. The maximum Gasteiger partial charge on any atom is 0.299 e. The predicted molar refractivity (Wildman–Crippen MR) is 13.4 cm³/mol. The quantitative estimate of drug-likeness (QED) is 0.394. The molecule has 32 valence electrons. The summed E-state index contributed by atoms with van der Waals surface area (Å²) in [5.41, 5.74) is 0. The van der Waals surface area contributed by atoms with E-state index in [0.29, 0.717) is 0 Å². The van der Waals surface area contributed by atoms with Gasteiger partial charge in [-0.25, -0.2) is 0 Å². The Morgan fingerprint density at radius 2 is 1.40 bits per heavy atom. The molecule has 0 bridgehead atoms. The summed E-state index contributed by atoms with van der Waals surface area (Å²) in [6.07, 6.45) is 0. The molecule has 0 aliphatic heterocycles. The summed E-state index contributed by atoms with van der Waals surface area (Å²) in [6.45, 7) is 0. The van der Waals surface area contributed by atoms with Gasteiger partial charge in [-0.3, -0.25) is 9.11 Å². The molecule has 0 unspecified atom stereocenters. The van der Waals surface area contributed by atoms with Gasteiger partial charge in [0.05, 0.1) is 0 Å². The Kier molecular flexibility index (Phi) is 8.78. The largest absolute Gasteiger partial charge is 0.299 e. The molecule has 0 saturated heterocycles. The van der Waals surface area contributed by atoms with E-state index in [2.05, 4.69) is 0 Å². The minimum atomic E-state index is -2.61. The molecule has 0 fully saturated rings. The van der Waals surface area contributed by atoms with Crippen molar-refractivity contribution >= 4 is 11.4 Å². The van der Waals surface area contributed by atoms with E-state index in [1.807, 2.05) is 0 Å². The third-order valence-electron chi connectivity index (χ3n) is 0. The molecule has 5 heteroatoms. The fourth-order valence-corrected chi connectivity index (χ4v) is 0. The molecule has 2 N–H and O–H groups in total. The molecular weight excluding hydrogens is 176 g/mol. The van der Waals surface area contributed by atoms with Crippen LogP contribution in [-0.4, -0.2) is 13.3 Å². The third-order valence-corrected chi connectivity index (χ3v) is 0. The van der Waals surface area contributed by atoms with Crippen LogP contribution in [0.1, 0.15) is 0 Å². The van der Waals surface area contributed by atoms with E-state index in [0.717, 1.165) is 0 Å². The monoisotopic (exact) mass is 180 g/mol. The standard InChI is InChI=1S/Mo.H2O3S/c;1-4(2)3/h;(H2,1,2,3). The van der Waals surface area contributed by atoms with E-state index in [-0.39, 0.29) is 21.1 Å². The second-order valence-electron chi connectivity index (χ2n) is 0.231. The van der Waals surface area contributed by atoms with Crippen molar-refractivity contribution in [3.05, 3.63) is 0 Å². The molecule has 0 heterocycles. The summed E-state index contributed by atoms with van der Waals surface area (Å²) in [7, 11) is 0. The summed E-state index contributed by atoms with van der Waals surface area (Å²) >= 11 is -2.61. The van der Waals surface area contributed by atoms with Crippen LogP contribution in [0, 0.1) is 0 Å². The third kappa shape index (κ3) is 63.0. The smallest absolute Gasteiger partial charge is 0.284 e. The molecule has 0 radical (unpaired) electrons. The van der Waals surface area contributed by atoms with Gasteiger partial charge in [0, 0.05) is 21.1 Å². The van der Waals surface area contributed by atoms with Gasteiger partial charge in [0.25, 0.3) is 11.4 Å². The van der Waals surface area contributed by atoms with Crippen molar-refractivity contribution in [2.24, 2.45) is 0 Å². The Bertz CT molecular complexity index is 29.9. The summed E-state index contributed by atoms with van der Waals surface area (Å²) in [6, 6.07) is 0. The molecule has 0 atom stereocenters. The normalized spacial score (nSPS) is 7.00. The Morgan fingerprint density at radius 1 is 1.40 bits per heavy atom. The topological polar surface area (TPSA) is 57.5 Å². The maximum atomic E-state index is 8.67. The first-order chi connectivity index (χ1) is 1.73. The fraction of sp³-hybridized carbons (Fsp3) is 0. The van der Waals surface area contributed by atoms with Crippen LogP contribution in [0.4, 0.5) is 0 Å². The van der Waals surface area contributed by atoms with Gasteiger partial charge in [0.1, 0.15) is 0 Å². The first kappa shape index (κ1) is 9.23. The van der Waals surface area contributed by atoms with Gasteiger partial charge < -0.3 is 0 Å². The van der Waals surface area contributed by atoms with Crippen LogP contribution in [0.3, 0.4) is 0 Å². The van der Waals surface area contributed by atoms with E-state index in [4.69, 9.17) is 13.3 Å². The molecule has 0 saturated carbocycles. The molecule has 0 spiro atoms. The Hall–Kier alpha value is 0.758. The first-order valence-corrected chi connectivity index (χ1v) is 1.60. The second-order valence-corrected chi connectivity index (χ2v) is 0.692. The molecule has 0 aliphatic carbocycles. The number of rotatable bonds is 0. The van der Waals surface area contributed by atoms with Crippen LogP contribution in [0.5, 0.6) is 0 Å². The van der Waals surface area contributed by atoms with Gasteiger partial charge in [0.2, 0.25) is 0 Å². The molecule has 0 amide bonds. The van der Waals surface area contributed by atoms with Crippen molar-refractivity contribution in [1.29, 1.82) is 0 Å². The van der Waals surface area contributed by atoms with Crippen molar-refractivity contribution in [3.8, 4) is 0 Å². The van der Waals surface area contributed by atoms with Gasteiger partial charge in [-0.15, -0.1) is 0 Å². The van der Waals surface area contributed by atoms with Crippen molar-refractivity contribution in [3.63, 3.8) is 0 Å². The van der Waals surface area contributed by atoms with Crippen LogP contribution in [0.15, 0.2) is 0 Å². The number of hydrogen-bond donors (Lipinski definition) is 2. The number of hydrogen-bond acceptors (Lipinski definition) is 1. The average molecular weight is 178 g/mol. The summed E-state index contributed by atoms with van der Waals surface area (Å²) in [5.74, 6) is 0. The van der Waals surface area contributed by atoms with Crippen molar-refractivity contribution in [2.75, 3.05) is 0 Å². The predicted octanol–water partition coefficient (Wildman–Crippen LogP) is -0.321. The van der Waals surface area contributed by atoms with E-state index >= 15 is 0 Å². The second kappa shape index (κ2) is 4.76. The van der Waals surface area contributed by atoms with Crippen LogP contribution >= 0.6 is 0 Å². The van der Waals surface area contributed by atoms with Gasteiger partial charge in [-0.2, -0.15) is 4.21 Å². The molecule has 0 aliphatic rings. The summed E-state index contributed by atoms with van der Waals surface area (Å²) in [4.78, 5) is 0. The molecule has 0 rings (SSSR count). The Balaban J connectivity index is 0. The summed E-state index contributed by atoms with van der Waals surface area (Å²) in [5, 5.41) is 0. The fourth-order valence-electron chi connectivity index (χ4n) is 0. The van der Waals surface area contributed by atoms with E-state index in [1.165, 1.54) is 0 Å². The van der Waals surface area contributed by atoms with Crippen molar-refractivity contribution in [2.45, 2.75) is 0 Å². The summed E-state index contributed by atoms with van der Waals surface area (Å²) < 4.78 is 22.8. The molecule has 0 aromatic rings. The molecule has 5 heavy (non-hydrogen) atoms. The van der Waals surface area contributed by atoms with Crippen molar-refractivity contribution < 1.29 is 34.4 Å². The minimum Gasteiger partial charge on any atom is -0.284 e. The van der Waals surface area contributed by atoms with Crippen LogP contribution in [0.25, 0.3) is 0 Å². The van der Waals surface area contributed by atoms with Crippen LogP contribution in [-0.2, 0) is 32.4 Å². The minimum absolute atomic E-state index is 0. The zero-order chi connectivity index (χ0) is 3.58. The average Bonchev–Trinajstić information content (AvgIpc) is 0.811. The van der Waals surface area contributed by atoms with Crippen LogP contribution < -0.4 is 0 Å². The zero-order valence-electron chi connectivity index (χ0n) is 2.12. The van der Waals surface area contributed by atoms with E-state index in [1.54, 1.807) is 0 Å². The zero-order valence-corrected chi connectivity index (χ0v) is 4.94. The molecule has 0 aromatic carbocycles. The first-order valence-electron chi connectivity index (χ1n) is 0.532. The Morgan fingerprint density at radius 3 is 1.40 bits per heavy atom. The van der Waals surface area contributed by atoms with E-state index < -0.39 is 11.4 Å². The van der Waals surface area contributed by atoms with Crippen LogP contribution in [0.2, 0.25) is 0 Å².